The summed E-state index contributed by atoms with van der Waals surface area (Å²) >= 11 is 0. The Morgan fingerprint density at radius 2 is 1.64 bits per heavy atom. The Kier molecular flexibility index (Phi) is 4.46. The first-order valence-corrected chi connectivity index (χ1v) is 5.20. The minimum atomic E-state index is -1.24. The number of hydrogen-bond acceptors (Lipinski definition) is 5. The smallest absolute Gasteiger partial charge is 0.204 e. The number of likely N-dealkylation sites (N-methyl/N-ethyl adjacent to an activating group) is 1. The van der Waals surface area contributed by atoms with Gasteiger partial charge in [0, 0.05) is 0 Å². The van der Waals surface area contributed by atoms with Crippen molar-refractivity contribution in [1.82, 2.24) is 5.32 Å². The Morgan fingerprint density at radius 1 is 1.21 bits per heavy atom. The number of rotatable bonds is 5. The minimum Gasteiger partial charge on any atom is -0.335 e. The second-order valence-electron chi connectivity index (χ2n) is 4.25. The maximum Gasteiger partial charge on any atom is 0.204 e. The van der Waals surface area contributed by atoms with Crippen LogP contribution in [-0.2, 0) is 4.74 Å². The largest absolute Gasteiger partial charge is 0.335 e. The summed E-state index contributed by atoms with van der Waals surface area (Å²) in [5.74, 6) is -1.24. The van der Waals surface area contributed by atoms with Gasteiger partial charge in [0.1, 0.15) is 5.66 Å². The van der Waals surface area contributed by atoms with Crippen molar-refractivity contribution < 1.29 is 4.74 Å². The molecule has 0 spiro atoms. The molecule has 0 aromatic rings. The Morgan fingerprint density at radius 3 is 1.86 bits per heavy atom. The van der Waals surface area contributed by atoms with Crippen molar-refractivity contribution in [2.75, 3.05) is 6.54 Å². The van der Waals surface area contributed by atoms with Crippen LogP contribution in [0.3, 0.4) is 0 Å². The van der Waals surface area contributed by atoms with E-state index < -0.39 is 16.9 Å². The fourth-order valence-electron chi connectivity index (χ4n) is 1.01. The van der Waals surface area contributed by atoms with Crippen molar-refractivity contribution in [2.24, 2.45) is 17.2 Å². The van der Waals surface area contributed by atoms with Gasteiger partial charge in [0.25, 0.3) is 0 Å². The lowest BCUT2D eigenvalue weighted by molar-refractivity contribution is -0.152. The van der Waals surface area contributed by atoms with Gasteiger partial charge in [-0.2, -0.15) is 0 Å². The quantitative estimate of drug-likeness (QED) is 0.370. The number of nitrogens with two attached hydrogens (primary N) is 3. The van der Waals surface area contributed by atoms with Gasteiger partial charge in [-0.1, -0.05) is 6.92 Å². The highest BCUT2D eigenvalue weighted by molar-refractivity contribution is 7.18. The van der Waals surface area contributed by atoms with Gasteiger partial charge in [-0.15, -0.1) is 9.24 Å². The van der Waals surface area contributed by atoms with E-state index >= 15 is 0 Å². The third kappa shape index (κ3) is 4.17. The van der Waals surface area contributed by atoms with Crippen LogP contribution in [0.4, 0.5) is 0 Å². The van der Waals surface area contributed by atoms with Crippen molar-refractivity contribution in [1.29, 1.82) is 0 Å². The Balaban J connectivity index is 4.74. The number of hydrogen-bond donors (Lipinski definition) is 4. The maximum atomic E-state index is 5.98. The van der Waals surface area contributed by atoms with E-state index in [1.807, 2.05) is 20.8 Å². The van der Waals surface area contributed by atoms with E-state index in [1.54, 1.807) is 6.92 Å². The van der Waals surface area contributed by atoms with E-state index in [1.165, 1.54) is 0 Å². The molecule has 0 aliphatic heterocycles. The average Bonchev–Trinajstić information content (AvgIpc) is 1.79. The zero-order chi connectivity index (χ0) is 11.6. The van der Waals surface area contributed by atoms with Crippen LogP contribution >= 0.6 is 9.24 Å². The molecular weight excluding hydrogens is 199 g/mol. The fourth-order valence-corrected chi connectivity index (χ4v) is 1.20. The van der Waals surface area contributed by atoms with Gasteiger partial charge in [-0.05, 0) is 27.3 Å². The molecule has 0 amide bonds. The molecule has 0 saturated heterocycles. The zero-order valence-corrected chi connectivity index (χ0v) is 10.6. The molecule has 7 N–H and O–H groups in total. The number of nitrogens with one attached hydrogen (secondary N) is 1. The van der Waals surface area contributed by atoms with Crippen LogP contribution in [0, 0.1) is 0 Å². The molecule has 0 rings (SSSR count). The molecule has 0 aliphatic rings. The van der Waals surface area contributed by atoms with Gasteiger partial charge in [0.15, 0.2) is 0 Å². The normalized spacial score (nSPS) is 18.0. The monoisotopic (exact) mass is 222 g/mol. The van der Waals surface area contributed by atoms with Gasteiger partial charge in [0.2, 0.25) is 5.85 Å². The highest BCUT2D eigenvalue weighted by Crippen LogP contribution is 2.25. The first-order chi connectivity index (χ1) is 6.02. The van der Waals surface area contributed by atoms with Crippen molar-refractivity contribution >= 4 is 9.24 Å². The van der Waals surface area contributed by atoms with Crippen LogP contribution in [0.1, 0.15) is 27.7 Å². The molecule has 0 aromatic heterocycles. The van der Waals surface area contributed by atoms with E-state index in [9.17, 15) is 0 Å². The summed E-state index contributed by atoms with van der Waals surface area (Å²) < 4.78 is 5.61. The molecule has 0 radical (unpaired) electrons. The van der Waals surface area contributed by atoms with E-state index in [2.05, 4.69) is 14.6 Å². The van der Waals surface area contributed by atoms with Gasteiger partial charge in [-0.25, -0.2) is 0 Å². The highest BCUT2D eigenvalue weighted by Gasteiger charge is 2.43. The molecule has 6 heteroatoms. The summed E-state index contributed by atoms with van der Waals surface area (Å²) in [4.78, 5) is 0. The lowest BCUT2D eigenvalue weighted by Gasteiger charge is -2.44. The Labute approximate surface area is 88.3 Å². The summed E-state index contributed by atoms with van der Waals surface area (Å²) in [6.45, 7) is 7.88. The van der Waals surface area contributed by atoms with Crippen molar-refractivity contribution in [3.8, 4) is 0 Å². The summed E-state index contributed by atoms with van der Waals surface area (Å²) in [7, 11) is 2.53. The molecule has 0 aliphatic carbocycles. The third-order valence-electron chi connectivity index (χ3n) is 1.66. The number of ether oxygens (including phenoxy) is 1. The fraction of sp³-hybridized carbons (Fsp3) is 1.00. The molecule has 0 fully saturated rings. The molecule has 0 saturated carbocycles. The molecule has 2 unspecified atom stereocenters. The lowest BCUT2D eigenvalue weighted by Crippen LogP contribution is -2.78. The van der Waals surface area contributed by atoms with Crippen LogP contribution in [0.5, 0.6) is 0 Å². The van der Waals surface area contributed by atoms with Crippen LogP contribution < -0.4 is 22.5 Å². The summed E-state index contributed by atoms with van der Waals surface area (Å²) in [5, 5.41) is 2.46. The van der Waals surface area contributed by atoms with Gasteiger partial charge >= 0.3 is 0 Å². The van der Waals surface area contributed by atoms with Gasteiger partial charge < -0.3 is 16.2 Å². The summed E-state index contributed by atoms with van der Waals surface area (Å²) in [6, 6.07) is 0. The first-order valence-electron chi connectivity index (χ1n) is 4.62. The highest BCUT2D eigenvalue weighted by atomic mass is 31.0. The van der Waals surface area contributed by atoms with E-state index in [0.29, 0.717) is 6.54 Å². The predicted molar refractivity (Wildman–Crippen MR) is 62.2 cm³/mol. The second-order valence-corrected chi connectivity index (χ2v) is 5.64. The molecule has 86 valence electrons. The molecule has 0 bridgehead atoms. The minimum absolute atomic E-state index is 0.489. The molecule has 0 aromatic carbocycles. The molecule has 5 nitrogen and oxygen atoms in total. The first kappa shape index (κ1) is 14.2. The standard InChI is InChI=1S/C8H23N4OP/c1-5-12-8(11,7(4,9)10)13-6(2,3)14/h12H,5,9-11,14H2,1-4H3. The molecule has 0 heterocycles. The van der Waals surface area contributed by atoms with Crippen LogP contribution in [0.25, 0.3) is 0 Å². The third-order valence-corrected chi connectivity index (χ3v) is 1.78. The SMILES string of the molecule is CCNC(N)(OC(C)(C)P)C(C)(N)N. The summed E-state index contributed by atoms with van der Waals surface area (Å²) in [6.07, 6.45) is 0. The van der Waals surface area contributed by atoms with Gasteiger partial charge in [0.05, 0.1) is 5.34 Å². The molecule has 2 atom stereocenters. The Bertz CT molecular complexity index is 187. The summed E-state index contributed by atoms with van der Waals surface area (Å²) in [5.41, 5.74) is 16.3. The lowest BCUT2D eigenvalue weighted by atomic mass is 10.1. The van der Waals surface area contributed by atoms with Crippen LogP contribution in [-0.4, -0.2) is 23.4 Å². The average molecular weight is 222 g/mol. The van der Waals surface area contributed by atoms with Crippen molar-refractivity contribution in [3.05, 3.63) is 0 Å². The van der Waals surface area contributed by atoms with E-state index in [-0.39, 0.29) is 0 Å². The predicted octanol–water partition coefficient (Wildman–Crippen LogP) is -0.530. The Hall–Kier alpha value is 0.230. The van der Waals surface area contributed by atoms with E-state index in [4.69, 9.17) is 21.9 Å². The van der Waals surface area contributed by atoms with Crippen LogP contribution in [0.2, 0.25) is 0 Å². The van der Waals surface area contributed by atoms with Gasteiger partial charge in [-0.3, -0.25) is 11.1 Å². The molecule has 14 heavy (non-hydrogen) atoms. The van der Waals surface area contributed by atoms with Crippen LogP contribution in [0.15, 0.2) is 0 Å². The molecular formula is C8H23N4OP. The van der Waals surface area contributed by atoms with E-state index in [0.717, 1.165) is 0 Å². The maximum absolute atomic E-state index is 5.98. The van der Waals surface area contributed by atoms with Crippen molar-refractivity contribution in [2.45, 2.75) is 44.5 Å². The topological polar surface area (TPSA) is 99.3 Å². The second kappa shape index (κ2) is 4.39. The zero-order valence-electron chi connectivity index (χ0n) is 9.42. The van der Waals surface area contributed by atoms with Crippen molar-refractivity contribution in [3.63, 3.8) is 0 Å².